The Morgan fingerprint density at radius 1 is 1.26 bits per heavy atom. The Bertz CT molecular complexity index is 749. The van der Waals surface area contributed by atoms with Crippen LogP contribution in [0.4, 0.5) is 0 Å². The Kier molecular flexibility index (Phi) is 5.81. The van der Waals surface area contributed by atoms with Crippen molar-refractivity contribution in [1.82, 2.24) is 10.2 Å². The van der Waals surface area contributed by atoms with Crippen LogP contribution in [0.1, 0.15) is 56.0 Å². The van der Waals surface area contributed by atoms with Crippen LogP contribution in [0.25, 0.3) is 0 Å². The molecule has 2 aliphatic rings. The maximum atomic E-state index is 6.56. The van der Waals surface area contributed by atoms with Crippen molar-refractivity contribution in [2.24, 2.45) is 17.1 Å². The fourth-order valence-electron chi connectivity index (χ4n) is 4.14. The van der Waals surface area contributed by atoms with Crippen LogP contribution in [0, 0.1) is 25.2 Å². The molecule has 3 rings (SSSR count). The van der Waals surface area contributed by atoms with Gasteiger partial charge in [0, 0.05) is 29.9 Å². The number of nitrogens with zero attached hydrogens (tertiary/aromatic N) is 1. The van der Waals surface area contributed by atoms with Gasteiger partial charge in [-0.2, -0.15) is 0 Å². The van der Waals surface area contributed by atoms with Crippen LogP contribution < -0.4 is 11.1 Å². The summed E-state index contributed by atoms with van der Waals surface area (Å²) in [5, 5.41) is 3.63. The predicted molar refractivity (Wildman–Crippen MR) is 115 cm³/mol. The van der Waals surface area contributed by atoms with Gasteiger partial charge in [0.05, 0.1) is 0 Å². The topological polar surface area (TPSA) is 41.3 Å². The lowest BCUT2D eigenvalue weighted by molar-refractivity contribution is 0.252. The lowest BCUT2D eigenvalue weighted by Crippen LogP contribution is -2.38. The number of nitrogens with one attached hydrogen (secondary N) is 1. The first-order valence-corrected chi connectivity index (χ1v) is 10.2. The second-order valence-electron chi connectivity index (χ2n) is 8.82. The molecule has 3 N–H and O–H groups in total. The van der Waals surface area contributed by atoms with Gasteiger partial charge in [-0.1, -0.05) is 49.8 Å². The smallest absolute Gasteiger partial charge is 0.101 e. The first-order valence-electron chi connectivity index (χ1n) is 10.2. The van der Waals surface area contributed by atoms with Crippen LogP contribution in [-0.2, 0) is 0 Å². The molecule has 1 aromatic rings. The standard InChI is InChI=1S/C24H35N3/c1-6-19-10-13-27(14-11-19)20-9-12-24(4,5)22(16-20)26-23(25)21-8-7-17(2)15-18(21)3/h6-9,15-16,19,23,26H,1,10-14,25H2,2-5H3. The van der Waals surface area contributed by atoms with Crippen LogP contribution in [0.2, 0.25) is 0 Å². The summed E-state index contributed by atoms with van der Waals surface area (Å²) in [5.41, 5.74) is 12.9. The van der Waals surface area contributed by atoms with Crippen molar-refractivity contribution in [3.63, 3.8) is 0 Å². The molecular formula is C24H35N3. The van der Waals surface area contributed by atoms with E-state index in [9.17, 15) is 0 Å². The molecule has 1 fully saturated rings. The lowest BCUT2D eigenvalue weighted by Gasteiger charge is -2.39. The van der Waals surface area contributed by atoms with E-state index in [2.05, 4.69) is 80.9 Å². The minimum atomic E-state index is -0.193. The molecule has 1 saturated heterocycles. The zero-order valence-electron chi connectivity index (χ0n) is 17.4. The van der Waals surface area contributed by atoms with Crippen molar-refractivity contribution < 1.29 is 0 Å². The summed E-state index contributed by atoms with van der Waals surface area (Å²) < 4.78 is 0. The number of hydrogen-bond acceptors (Lipinski definition) is 3. The number of aryl methyl sites for hydroxylation is 2. The summed E-state index contributed by atoms with van der Waals surface area (Å²) in [4.78, 5) is 2.51. The third-order valence-corrected chi connectivity index (χ3v) is 6.15. The molecule has 1 aliphatic heterocycles. The lowest BCUT2D eigenvalue weighted by atomic mass is 9.81. The fraction of sp³-hybridized carbons (Fsp3) is 0.500. The summed E-state index contributed by atoms with van der Waals surface area (Å²) in [6.07, 6.45) is 10.1. The molecule has 1 heterocycles. The molecule has 146 valence electrons. The normalized spacial score (nSPS) is 21.3. The molecule has 0 bridgehead atoms. The van der Waals surface area contributed by atoms with Crippen LogP contribution in [0.3, 0.4) is 0 Å². The van der Waals surface area contributed by atoms with Gasteiger partial charge in [-0.15, -0.1) is 6.58 Å². The fourth-order valence-corrected chi connectivity index (χ4v) is 4.14. The Morgan fingerprint density at radius 3 is 2.59 bits per heavy atom. The number of rotatable bonds is 5. The van der Waals surface area contributed by atoms with Crippen molar-refractivity contribution in [2.75, 3.05) is 13.1 Å². The van der Waals surface area contributed by atoms with Gasteiger partial charge in [0.1, 0.15) is 6.17 Å². The number of hydrogen-bond donors (Lipinski definition) is 2. The monoisotopic (exact) mass is 365 g/mol. The number of allylic oxidation sites excluding steroid dienone is 4. The third kappa shape index (κ3) is 4.47. The molecule has 1 unspecified atom stereocenters. The highest BCUT2D eigenvalue weighted by atomic mass is 15.1. The van der Waals surface area contributed by atoms with Gasteiger partial charge in [-0.3, -0.25) is 0 Å². The van der Waals surface area contributed by atoms with Crippen molar-refractivity contribution in [3.8, 4) is 0 Å². The molecule has 0 saturated carbocycles. The summed E-state index contributed by atoms with van der Waals surface area (Å²) in [6.45, 7) is 15.0. The zero-order valence-corrected chi connectivity index (χ0v) is 17.4. The van der Waals surface area contributed by atoms with Gasteiger partial charge in [0.15, 0.2) is 0 Å². The van der Waals surface area contributed by atoms with Crippen molar-refractivity contribution >= 4 is 0 Å². The van der Waals surface area contributed by atoms with E-state index in [1.807, 2.05) is 0 Å². The molecule has 0 radical (unpaired) electrons. The summed E-state index contributed by atoms with van der Waals surface area (Å²) in [5.74, 6) is 0.668. The molecule has 1 aliphatic carbocycles. The first kappa shape index (κ1) is 19.8. The van der Waals surface area contributed by atoms with E-state index in [0.717, 1.165) is 19.5 Å². The Labute approximate surface area is 165 Å². The number of likely N-dealkylation sites (tertiary alicyclic amines) is 1. The molecule has 0 aromatic heterocycles. The van der Waals surface area contributed by atoms with Crippen LogP contribution in [0.5, 0.6) is 0 Å². The largest absolute Gasteiger partial charge is 0.372 e. The van der Waals surface area contributed by atoms with E-state index in [4.69, 9.17) is 5.73 Å². The second kappa shape index (κ2) is 7.93. The van der Waals surface area contributed by atoms with E-state index in [0.29, 0.717) is 5.92 Å². The highest BCUT2D eigenvalue weighted by Gasteiger charge is 2.29. The maximum absolute atomic E-state index is 6.56. The van der Waals surface area contributed by atoms with Gasteiger partial charge < -0.3 is 16.0 Å². The second-order valence-corrected chi connectivity index (χ2v) is 8.82. The van der Waals surface area contributed by atoms with Crippen molar-refractivity contribution in [3.05, 3.63) is 71.1 Å². The van der Waals surface area contributed by atoms with E-state index in [1.165, 1.54) is 40.9 Å². The first-order chi connectivity index (χ1) is 12.8. The molecule has 1 aromatic carbocycles. The molecule has 1 atom stereocenters. The van der Waals surface area contributed by atoms with Crippen molar-refractivity contribution in [1.29, 1.82) is 0 Å². The molecule has 3 heteroatoms. The van der Waals surface area contributed by atoms with Gasteiger partial charge in [-0.05, 0) is 56.2 Å². The quantitative estimate of drug-likeness (QED) is 0.573. The number of nitrogens with two attached hydrogens (primary N) is 1. The predicted octanol–water partition coefficient (Wildman–Crippen LogP) is 4.95. The number of piperidine rings is 1. The van der Waals surface area contributed by atoms with E-state index < -0.39 is 0 Å². The molecular weight excluding hydrogens is 330 g/mol. The highest BCUT2D eigenvalue weighted by Crippen LogP contribution is 2.37. The minimum absolute atomic E-state index is 0.0686. The Balaban J connectivity index is 1.76. The third-order valence-electron chi connectivity index (χ3n) is 6.15. The van der Waals surface area contributed by atoms with E-state index >= 15 is 0 Å². The Morgan fingerprint density at radius 2 is 1.96 bits per heavy atom. The number of benzene rings is 1. The Hall–Kier alpha value is -2.00. The zero-order chi connectivity index (χ0) is 19.6. The summed E-state index contributed by atoms with van der Waals surface area (Å²) in [6, 6.07) is 6.49. The van der Waals surface area contributed by atoms with Gasteiger partial charge in [0.2, 0.25) is 0 Å². The van der Waals surface area contributed by atoms with E-state index in [-0.39, 0.29) is 11.6 Å². The molecule has 3 nitrogen and oxygen atoms in total. The summed E-state index contributed by atoms with van der Waals surface area (Å²) >= 11 is 0. The average molecular weight is 366 g/mol. The highest BCUT2D eigenvalue weighted by molar-refractivity contribution is 5.35. The van der Waals surface area contributed by atoms with E-state index in [1.54, 1.807) is 0 Å². The van der Waals surface area contributed by atoms with Crippen LogP contribution in [0.15, 0.2) is 54.4 Å². The molecule has 0 amide bonds. The van der Waals surface area contributed by atoms with Crippen LogP contribution in [-0.4, -0.2) is 18.0 Å². The van der Waals surface area contributed by atoms with Crippen LogP contribution >= 0.6 is 0 Å². The van der Waals surface area contributed by atoms with Gasteiger partial charge >= 0.3 is 0 Å². The van der Waals surface area contributed by atoms with Crippen molar-refractivity contribution in [2.45, 2.75) is 53.1 Å². The maximum Gasteiger partial charge on any atom is 0.101 e. The SMILES string of the molecule is C=CC1CCN(C2=CCC(C)(C)C(NC(N)c3ccc(C)cc3C)=C2)CC1. The summed E-state index contributed by atoms with van der Waals surface area (Å²) in [7, 11) is 0. The minimum Gasteiger partial charge on any atom is -0.372 e. The van der Waals surface area contributed by atoms with Gasteiger partial charge in [-0.25, -0.2) is 0 Å². The van der Waals surface area contributed by atoms with Gasteiger partial charge in [0.25, 0.3) is 0 Å². The average Bonchev–Trinajstić information content (AvgIpc) is 2.63. The molecule has 27 heavy (non-hydrogen) atoms. The molecule has 0 spiro atoms.